The quantitative estimate of drug-likeness (QED) is 0.00891. The minimum atomic E-state index is -3.54. The van der Waals surface area contributed by atoms with Crippen LogP contribution in [-0.4, -0.2) is 188 Å². The number of Topliss-reactive ketones (excluding diaryl/α,β-unsaturated/α-hetero) is 4. The maximum absolute atomic E-state index is 12.6. The van der Waals surface area contributed by atoms with Gasteiger partial charge < -0.3 is 44.4 Å². The molecular weight excluding hydrogens is 1930 g/mol. The number of rotatable bonds is 32. The van der Waals surface area contributed by atoms with Crippen molar-refractivity contribution in [3.63, 3.8) is 0 Å². The number of benzene rings is 4. The number of alkyl carbamates (subject to hydrolysis) is 3. The molecule has 0 atom stereocenters. The molecule has 7 N–H and O–H groups in total. The molecule has 11 amide bonds. The number of fused-ring (bicyclic) bond motifs is 1. The highest BCUT2D eigenvalue weighted by Crippen LogP contribution is 2.32. The maximum atomic E-state index is 12.6. The van der Waals surface area contributed by atoms with Crippen molar-refractivity contribution < 1.29 is 118 Å². The van der Waals surface area contributed by atoms with Crippen LogP contribution in [-0.2, 0) is 83.3 Å². The number of hydrogen-bond donors (Lipinski definition) is 7. The Bertz CT molecular complexity index is 6470. The van der Waals surface area contributed by atoms with E-state index in [4.69, 9.17) is 14.2 Å². The molecule has 716 valence electrons. The predicted molar refractivity (Wildman–Crippen MR) is 516 cm³/mol. The highest BCUT2D eigenvalue weighted by atomic mass is 32.2. The summed E-state index contributed by atoms with van der Waals surface area (Å²) >= 11 is 8.87. The number of nitrogens with one attached hydrogen (secondary N) is 7. The zero-order valence-electron chi connectivity index (χ0n) is 74.8. The summed E-state index contributed by atoms with van der Waals surface area (Å²) < 4.78 is 56.0. The maximum Gasteiger partial charge on any atom is 0.414 e. The second kappa shape index (κ2) is 52.7. The van der Waals surface area contributed by atoms with E-state index in [0.29, 0.717) is 77.1 Å². The van der Waals surface area contributed by atoms with Crippen molar-refractivity contribution in [2.75, 3.05) is 63.1 Å². The molecule has 0 spiro atoms. The molecule has 137 heavy (non-hydrogen) atoms. The van der Waals surface area contributed by atoms with E-state index in [0.717, 1.165) is 63.4 Å². The van der Waals surface area contributed by atoms with Gasteiger partial charge in [0, 0.05) is 106 Å². The number of aromatic nitrogens is 3. The second-order valence-corrected chi connectivity index (χ2v) is 37.8. The number of hydrogen-bond acceptors (Lipinski definition) is 35. The summed E-state index contributed by atoms with van der Waals surface area (Å²) in [5, 5.41) is 28.1. The van der Waals surface area contributed by atoms with Crippen LogP contribution in [0.4, 0.5) is 30.1 Å². The van der Waals surface area contributed by atoms with E-state index in [1.165, 1.54) is 142 Å². The first kappa shape index (κ1) is 107. The lowest BCUT2D eigenvalue weighted by molar-refractivity contribution is -0.147. The number of ketones is 4. The molecule has 8 aromatic heterocycles. The van der Waals surface area contributed by atoms with Gasteiger partial charge in [0.05, 0.1) is 82.0 Å². The molecule has 4 aromatic carbocycles. The van der Waals surface area contributed by atoms with Crippen molar-refractivity contribution in [3.05, 3.63) is 260 Å². The Morgan fingerprint density at radius 1 is 0.467 bits per heavy atom. The zero-order valence-corrected chi connectivity index (χ0v) is 81.3. The molecule has 1 aliphatic rings. The molecule has 1 saturated heterocycles. The topological polar surface area (TPSA) is 506 Å². The van der Waals surface area contributed by atoms with Crippen LogP contribution in [0.5, 0.6) is 0 Å². The highest BCUT2D eigenvalue weighted by molar-refractivity contribution is 7.89. The van der Waals surface area contributed by atoms with E-state index < -0.39 is 81.6 Å². The van der Waals surface area contributed by atoms with Gasteiger partial charge in [0.1, 0.15) is 33.7 Å². The van der Waals surface area contributed by atoms with Crippen LogP contribution in [0.15, 0.2) is 189 Å². The normalized spacial score (nSPS) is 11.3. The fourth-order valence-electron chi connectivity index (χ4n) is 12.2. The van der Waals surface area contributed by atoms with Gasteiger partial charge in [0.15, 0.2) is 28.1 Å². The van der Waals surface area contributed by atoms with Gasteiger partial charge in [0.2, 0.25) is 15.9 Å². The molecule has 1 aliphatic heterocycles. The fraction of sp³-hybridized carbons (Fsp3) is 0.247. The monoisotopic (exact) mass is 2020 g/mol. The summed E-state index contributed by atoms with van der Waals surface area (Å²) in [7, 11) is -1.02. The Hall–Kier alpha value is -14.1. The van der Waals surface area contributed by atoms with Crippen LogP contribution in [0.2, 0.25) is 0 Å². The Morgan fingerprint density at radius 2 is 0.978 bits per heavy atom. The standard InChI is InChI=1S/C19H21N3O6S.C19H20N2O6S2.C19H16N2O4S2.C19H17NO4S2.C17H17N3O5S/c1-4-27-19(26)22-17(25)14-6-8-29-18(14)21-16(24)12-5-7-20-13(9-12)10-15(23)28-11(2)3;1-27-19(24)20-18(23)15-8-11-28-17(15)12-16(22)13-4-6-14(7-5-13)29(25,26)21-9-2-3-10-21;1-25-10-17(23)21-18(24)13-7-8-26-16(13)9-15(22)14-11-27-19(20-14)12-5-3-2-4-6-12;1-11(2)24-18(23)10-14(21)12-7-8-25-17(12)9-15(22)19-20-13-5-3-4-6-16(13)26-19;1-3-25-17(24)20-15(23)13-7-8-26-16(13)19-14(22)11-5-4-6-12(9-11)18-10(2)21/h5-9,11H,4,10H2,1-3H3,(H,21,24)(H,22,25,26);4-8,11H,2-3,9-10,12H2,1H3,(H,20,23,24);2-8,11H,9-10H2,1H3,(H,21,23,24);3-8,11H,9-10H2,1-2H3;4-9H,3H2,1-2H3,(H,18,21)(H,19,22)(H,20,23,24). The minimum Gasteiger partial charge on any atom is -0.463 e. The summed E-state index contributed by atoms with van der Waals surface area (Å²) in [4.78, 5) is 219. The van der Waals surface area contributed by atoms with Crippen molar-refractivity contribution in [2.45, 2.75) is 111 Å². The molecular formula is C93H91N11O25S8. The number of imide groups is 4. The lowest BCUT2D eigenvalue weighted by Crippen LogP contribution is -2.33. The number of sulfonamides is 1. The van der Waals surface area contributed by atoms with Gasteiger partial charge in [-0.15, -0.1) is 79.4 Å². The lowest BCUT2D eigenvalue weighted by atomic mass is 10.1. The third kappa shape index (κ3) is 32.6. The summed E-state index contributed by atoms with van der Waals surface area (Å²) in [6.07, 6.45) is -0.284. The van der Waals surface area contributed by atoms with Crippen LogP contribution in [0, 0.1) is 0 Å². The SMILES string of the molecule is CC(C)OC(=O)CC(=O)c1ccsc1CC(=O)c1nc2ccccc2s1.CCOC(=O)NC(=O)c1ccsc1NC(=O)c1cccc(NC(C)=O)c1.CCOC(=O)NC(=O)c1ccsc1NC(=O)c1ccnc(CC(=O)OC(C)C)c1.COC(=O)NC(=O)c1ccsc1CC(=O)c1ccc(S(=O)(=O)N2CCCC2)cc1.COCC(=O)NC(=O)c1ccsc1CC(=O)c1csc(-c2ccccc2)n1. The molecule has 36 nitrogen and oxygen atoms in total. The summed E-state index contributed by atoms with van der Waals surface area (Å²) in [5.74, 6) is -6.16. The number of nitrogens with zero attached hydrogens (tertiary/aromatic N) is 4. The van der Waals surface area contributed by atoms with Gasteiger partial charge >= 0.3 is 30.2 Å². The zero-order chi connectivity index (χ0) is 99.4. The fourth-order valence-corrected chi connectivity index (χ4v) is 19.6. The van der Waals surface area contributed by atoms with E-state index in [2.05, 4.69) is 66.4 Å². The van der Waals surface area contributed by atoms with Crippen molar-refractivity contribution in [3.8, 4) is 10.6 Å². The molecule has 1 fully saturated rings. The molecule has 12 aromatic rings. The molecule has 9 heterocycles. The number of pyridine rings is 1. The Labute approximate surface area is 812 Å². The highest BCUT2D eigenvalue weighted by Gasteiger charge is 2.30. The number of methoxy groups -OCH3 is 2. The number of carbonyl (C=O) groups excluding carboxylic acids is 17. The number of ether oxygens (including phenoxy) is 6. The van der Waals surface area contributed by atoms with Crippen molar-refractivity contribution in [2.24, 2.45) is 0 Å². The number of anilines is 3. The molecule has 0 unspecified atom stereocenters. The van der Waals surface area contributed by atoms with Gasteiger partial charge in [-0.3, -0.25) is 93.4 Å². The van der Waals surface area contributed by atoms with E-state index in [9.17, 15) is 89.9 Å². The van der Waals surface area contributed by atoms with Gasteiger partial charge in [-0.2, -0.15) is 4.31 Å². The Balaban J connectivity index is 0.000000192. The van der Waals surface area contributed by atoms with E-state index in [1.54, 1.807) is 104 Å². The van der Waals surface area contributed by atoms with E-state index >= 15 is 0 Å². The third-order valence-electron chi connectivity index (χ3n) is 18.3. The Morgan fingerprint density at radius 3 is 1.54 bits per heavy atom. The minimum absolute atomic E-state index is 0.0419. The average Bonchev–Trinajstić information content (AvgIpc) is 1.76. The summed E-state index contributed by atoms with van der Waals surface area (Å²) in [6.45, 7) is 12.6. The summed E-state index contributed by atoms with van der Waals surface area (Å²) in [5.41, 5.74) is 5.12. The van der Waals surface area contributed by atoms with Gasteiger partial charge in [-0.1, -0.05) is 60.7 Å². The predicted octanol–water partition coefficient (Wildman–Crippen LogP) is 15.6. The number of carbonyl (C=O) groups is 17. The van der Waals surface area contributed by atoms with Crippen molar-refractivity contribution in [1.29, 1.82) is 0 Å². The number of thiophene rings is 5. The van der Waals surface area contributed by atoms with Crippen molar-refractivity contribution >= 4 is 216 Å². The van der Waals surface area contributed by atoms with Gasteiger partial charge in [-0.25, -0.2) is 32.8 Å². The molecule has 0 aliphatic carbocycles. The van der Waals surface area contributed by atoms with Crippen LogP contribution >= 0.6 is 79.4 Å². The van der Waals surface area contributed by atoms with Crippen LogP contribution in [0.25, 0.3) is 20.8 Å². The molecule has 13 rings (SSSR count). The lowest BCUT2D eigenvalue weighted by Gasteiger charge is -2.15. The van der Waals surface area contributed by atoms with E-state index in [1.807, 2.05) is 54.6 Å². The van der Waals surface area contributed by atoms with Gasteiger partial charge in [-0.05, 0) is 166 Å². The first-order chi connectivity index (χ1) is 65.5. The number of para-hydroxylation sites is 1. The first-order valence-electron chi connectivity index (χ1n) is 41.5. The Kier molecular flexibility index (Phi) is 41.0. The van der Waals surface area contributed by atoms with E-state index in [-0.39, 0.29) is 125 Å². The van der Waals surface area contributed by atoms with Crippen LogP contribution in [0.3, 0.4) is 0 Å². The molecule has 44 heteroatoms. The number of amides is 11. The number of esters is 2. The van der Waals surface area contributed by atoms with Crippen LogP contribution < -0.4 is 37.2 Å². The third-order valence-corrected chi connectivity index (χ3v) is 26.6. The second-order valence-electron chi connectivity index (χ2n) is 29.1. The number of thiazole rings is 2. The van der Waals surface area contributed by atoms with Gasteiger partial charge in [0.25, 0.3) is 41.4 Å². The summed E-state index contributed by atoms with van der Waals surface area (Å²) in [6, 6.07) is 40.1. The molecule has 0 radical (unpaired) electrons. The largest absolute Gasteiger partial charge is 0.463 e. The molecule has 0 bridgehead atoms. The molecule has 0 saturated carbocycles. The smallest absolute Gasteiger partial charge is 0.414 e. The van der Waals surface area contributed by atoms with Crippen LogP contribution in [0.1, 0.15) is 191 Å². The first-order valence-corrected chi connectivity index (χ1v) is 49.0. The van der Waals surface area contributed by atoms with Crippen molar-refractivity contribution in [1.82, 2.24) is 40.5 Å². The average molecular weight is 2020 g/mol.